The molecule has 2 N–H and O–H groups in total. The van der Waals surface area contributed by atoms with E-state index >= 15 is 0 Å². The van der Waals surface area contributed by atoms with Crippen molar-refractivity contribution in [2.24, 2.45) is 11.7 Å². The van der Waals surface area contributed by atoms with Crippen LogP contribution in [0.2, 0.25) is 0 Å². The number of carbonyl (C=O) groups is 2. The summed E-state index contributed by atoms with van der Waals surface area (Å²) >= 11 is 0. The zero-order valence-electron chi connectivity index (χ0n) is 16.9. The fourth-order valence-corrected chi connectivity index (χ4v) is 4.03. The first-order chi connectivity index (χ1) is 12.9. The quantitative estimate of drug-likeness (QED) is 0.828. The maximum atomic E-state index is 12.9. The van der Waals surface area contributed by atoms with Crippen molar-refractivity contribution in [1.29, 1.82) is 0 Å². The van der Waals surface area contributed by atoms with Crippen LogP contribution in [-0.2, 0) is 9.59 Å². The van der Waals surface area contributed by atoms with Crippen LogP contribution in [0.1, 0.15) is 38.2 Å². The molecule has 1 heterocycles. The zero-order valence-corrected chi connectivity index (χ0v) is 17.7. The van der Waals surface area contributed by atoms with Gasteiger partial charge in [-0.3, -0.25) is 9.59 Å². The average Bonchev–Trinajstić information content (AvgIpc) is 2.66. The third-order valence-electron chi connectivity index (χ3n) is 5.88. The number of hydrogen-bond acceptors (Lipinski definition) is 4. The Hall–Kier alpha value is -1.79. The van der Waals surface area contributed by atoms with Crippen LogP contribution in [0.3, 0.4) is 0 Å². The normalized spacial score (nSPS) is 25.0. The van der Waals surface area contributed by atoms with Crippen molar-refractivity contribution < 1.29 is 14.3 Å². The van der Waals surface area contributed by atoms with Gasteiger partial charge >= 0.3 is 0 Å². The Morgan fingerprint density at radius 3 is 2.32 bits per heavy atom. The number of hydrogen-bond donors (Lipinski definition) is 1. The van der Waals surface area contributed by atoms with Gasteiger partial charge in [0.15, 0.2) is 6.61 Å². The molecule has 1 saturated carbocycles. The fourth-order valence-electron chi connectivity index (χ4n) is 4.03. The number of carbonyl (C=O) groups excluding carboxylic acids is 2. The summed E-state index contributed by atoms with van der Waals surface area (Å²) in [4.78, 5) is 29.0. The highest BCUT2D eigenvalue weighted by molar-refractivity contribution is 5.85. The lowest BCUT2D eigenvalue weighted by Crippen LogP contribution is -2.58. The Balaban J connectivity index is 0.00000280. The third kappa shape index (κ3) is 5.39. The first kappa shape index (κ1) is 22.5. The van der Waals surface area contributed by atoms with Gasteiger partial charge < -0.3 is 20.3 Å². The number of nitrogens with zero attached hydrogens (tertiary/aromatic N) is 2. The minimum absolute atomic E-state index is 0. The molecule has 28 heavy (non-hydrogen) atoms. The van der Waals surface area contributed by atoms with E-state index in [1.165, 1.54) is 0 Å². The van der Waals surface area contributed by atoms with E-state index in [4.69, 9.17) is 10.5 Å². The molecule has 0 spiro atoms. The molecule has 2 aliphatic rings. The van der Waals surface area contributed by atoms with E-state index in [2.05, 4.69) is 0 Å². The molecular weight excluding hydrogens is 378 g/mol. The number of rotatable bonds is 4. The molecule has 3 rings (SSSR count). The predicted molar refractivity (Wildman–Crippen MR) is 112 cm³/mol. The molecule has 1 aromatic carbocycles. The van der Waals surface area contributed by atoms with Crippen LogP contribution in [0.5, 0.6) is 5.75 Å². The van der Waals surface area contributed by atoms with Crippen molar-refractivity contribution in [3.8, 4) is 5.75 Å². The minimum Gasteiger partial charge on any atom is -0.484 e. The first-order valence-corrected chi connectivity index (χ1v) is 9.92. The first-order valence-electron chi connectivity index (χ1n) is 9.92. The largest absolute Gasteiger partial charge is 0.484 e. The summed E-state index contributed by atoms with van der Waals surface area (Å²) in [6.45, 7) is 6.28. The standard InChI is InChI=1S/C21H31N3O3.ClH/c1-16-6-8-17(9-7-16)27-15-19(25)23-11-13-24(14-12-23)20(26)18-5-3-4-10-21(18,2)22;/h6-9,18H,3-5,10-15,22H2,1-2H3;1H. The molecule has 7 heteroatoms. The maximum Gasteiger partial charge on any atom is 0.260 e. The highest BCUT2D eigenvalue weighted by atomic mass is 35.5. The Labute approximate surface area is 173 Å². The van der Waals surface area contributed by atoms with E-state index in [1.807, 2.05) is 43.0 Å². The van der Waals surface area contributed by atoms with E-state index in [1.54, 1.807) is 4.90 Å². The minimum atomic E-state index is -0.413. The fraction of sp³-hybridized carbons (Fsp3) is 0.619. The predicted octanol–water partition coefficient (Wildman–Crippen LogP) is 2.37. The highest BCUT2D eigenvalue weighted by Gasteiger charge is 2.40. The smallest absolute Gasteiger partial charge is 0.260 e. The second kappa shape index (κ2) is 9.61. The van der Waals surface area contributed by atoms with Gasteiger partial charge in [0, 0.05) is 31.7 Å². The van der Waals surface area contributed by atoms with Crippen LogP contribution in [-0.4, -0.2) is 59.9 Å². The van der Waals surface area contributed by atoms with Crippen LogP contribution in [0.4, 0.5) is 0 Å². The SMILES string of the molecule is Cc1ccc(OCC(=O)N2CCN(C(=O)C3CCCCC3(C)N)CC2)cc1.Cl. The van der Waals surface area contributed by atoms with Gasteiger partial charge in [-0.1, -0.05) is 30.5 Å². The van der Waals surface area contributed by atoms with Gasteiger partial charge in [-0.2, -0.15) is 0 Å². The van der Waals surface area contributed by atoms with Crippen molar-refractivity contribution in [2.45, 2.75) is 45.1 Å². The molecule has 2 fully saturated rings. The third-order valence-corrected chi connectivity index (χ3v) is 5.88. The topological polar surface area (TPSA) is 75.9 Å². The van der Waals surface area contributed by atoms with E-state index in [0.29, 0.717) is 31.9 Å². The number of aryl methyl sites for hydroxylation is 1. The van der Waals surface area contributed by atoms with E-state index < -0.39 is 5.54 Å². The monoisotopic (exact) mass is 409 g/mol. The number of benzene rings is 1. The van der Waals surface area contributed by atoms with Crippen molar-refractivity contribution in [3.63, 3.8) is 0 Å². The summed E-state index contributed by atoms with van der Waals surface area (Å²) in [7, 11) is 0. The lowest BCUT2D eigenvalue weighted by molar-refractivity contribution is -0.145. The molecule has 1 aliphatic heterocycles. The Morgan fingerprint density at radius 1 is 1.11 bits per heavy atom. The second-order valence-corrected chi connectivity index (χ2v) is 8.11. The summed E-state index contributed by atoms with van der Waals surface area (Å²) in [5, 5.41) is 0. The van der Waals surface area contributed by atoms with E-state index in [9.17, 15) is 9.59 Å². The van der Waals surface area contributed by atoms with Gasteiger partial charge in [0.05, 0.1) is 5.92 Å². The van der Waals surface area contributed by atoms with Gasteiger partial charge in [-0.25, -0.2) is 0 Å². The zero-order chi connectivity index (χ0) is 19.4. The Bertz CT molecular complexity index is 670. The molecular formula is C21H32ClN3O3. The Morgan fingerprint density at radius 2 is 1.71 bits per heavy atom. The summed E-state index contributed by atoms with van der Waals surface area (Å²) in [6, 6.07) is 7.65. The molecule has 0 radical (unpaired) electrons. The van der Waals surface area contributed by atoms with Crippen molar-refractivity contribution in [2.75, 3.05) is 32.8 Å². The van der Waals surface area contributed by atoms with Gasteiger partial charge in [-0.05, 0) is 38.8 Å². The van der Waals surface area contributed by atoms with Gasteiger partial charge in [0.1, 0.15) is 5.75 Å². The number of nitrogens with two attached hydrogens (primary N) is 1. The molecule has 2 atom stereocenters. The van der Waals surface area contributed by atoms with Gasteiger partial charge in [0.2, 0.25) is 5.91 Å². The van der Waals surface area contributed by atoms with E-state index in [0.717, 1.165) is 31.2 Å². The molecule has 1 saturated heterocycles. The van der Waals surface area contributed by atoms with Crippen LogP contribution >= 0.6 is 12.4 Å². The number of ether oxygens (including phenoxy) is 1. The molecule has 156 valence electrons. The van der Waals surface area contributed by atoms with Crippen LogP contribution in [0, 0.1) is 12.8 Å². The summed E-state index contributed by atoms with van der Waals surface area (Å²) in [5.41, 5.74) is 7.12. The summed E-state index contributed by atoms with van der Waals surface area (Å²) in [6.07, 6.45) is 3.94. The number of halogens is 1. The van der Waals surface area contributed by atoms with Gasteiger partial charge in [0.25, 0.3) is 5.91 Å². The molecule has 6 nitrogen and oxygen atoms in total. The number of amides is 2. The van der Waals surface area contributed by atoms with Crippen molar-refractivity contribution in [3.05, 3.63) is 29.8 Å². The summed E-state index contributed by atoms with van der Waals surface area (Å²) < 4.78 is 5.58. The van der Waals surface area contributed by atoms with Gasteiger partial charge in [-0.15, -0.1) is 12.4 Å². The van der Waals surface area contributed by atoms with Crippen LogP contribution in [0.15, 0.2) is 24.3 Å². The maximum absolute atomic E-state index is 12.9. The molecule has 2 amide bonds. The molecule has 0 bridgehead atoms. The lowest BCUT2D eigenvalue weighted by Gasteiger charge is -2.42. The van der Waals surface area contributed by atoms with Crippen LogP contribution in [0.25, 0.3) is 0 Å². The highest BCUT2D eigenvalue weighted by Crippen LogP contribution is 2.33. The molecule has 2 unspecified atom stereocenters. The average molecular weight is 410 g/mol. The molecule has 1 aromatic rings. The second-order valence-electron chi connectivity index (χ2n) is 8.11. The van der Waals surface area contributed by atoms with E-state index in [-0.39, 0.29) is 36.7 Å². The molecule has 0 aromatic heterocycles. The Kier molecular flexibility index (Phi) is 7.72. The van der Waals surface area contributed by atoms with Crippen molar-refractivity contribution in [1.82, 2.24) is 9.80 Å². The van der Waals surface area contributed by atoms with Crippen LogP contribution < -0.4 is 10.5 Å². The van der Waals surface area contributed by atoms with Crippen molar-refractivity contribution >= 4 is 24.2 Å². The number of piperazine rings is 1. The molecule has 1 aliphatic carbocycles. The summed E-state index contributed by atoms with van der Waals surface area (Å²) in [5.74, 6) is 0.715. The lowest BCUT2D eigenvalue weighted by atomic mass is 9.74.